The molecular formula is C27H39ClFN3O2. The number of rotatable bonds is 11. The van der Waals surface area contributed by atoms with Crippen LogP contribution in [-0.2, 0) is 11.2 Å². The Kier molecular flexibility index (Phi) is 8.91. The molecule has 188 valence electrons. The highest BCUT2D eigenvalue weighted by molar-refractivity contribution is 5.85. The monoisotopic (exact) mass is 491 g/mol. The molecular weight excluding hydrogens is 453 g/mol. The number of carbonyl (C=O) groups is 1. The van der Waals surface area contributed by atoms with Crippen molar-refractivity contribution in [1.29, 1.82) is 0 Å². The molecule has 1 heterocycles. The standard InChI is InChI=1S/C27H38FN3O2.ClH/c1-16(2)9-19-12-21(13-19)27-30-29-26(31(27)22-5-6-22)20(7-8-32)14-23(33)15-24-18(4)10-17(3)11-25(24)28;/h10-11,16,19-22,32H,5-9,12-15H2,1-4H3;1H/t19?,20-,21?;/m0./s1. The third-order valence-corrected chi connectivity index (χ3v) is 7.32. The summed E-state index contributed by atoms with van der Waals surface area (Å²) in [4.78, 5) is 13.0. The van der Waals surface area contributed by atoms with Crippen molar-refractivity contribution in [3.8, 4) is 0 Å². The summed E-state index contributed by atoms with van der Waals surface area (Å²) >= 11 is 0. The van der Waals surface area contributed by atoms with Gasteiger partial charge in [-0.05, 0) is 87.0 Å². The fraction of sp³-hybridized carbons (Fsp3) is 0.667. The highest BCUT2D eigenvalue weighted by atomic mass is 35.5. The van der Waals surface area contributed by atoms with Crippen LogP contribution in [0.4, 0.5) is 4.39 Å². The van der Waals surface area contributed by atoms with Crippen LogP contribution in [0.15, 0.2) is 12.1 Å². The van der Waals surface area contributed by atoms with Gasteiger partial charge in [0.25, 0.3) is 0 Å². The van der Waals surface area contributed by atoms with E-state index in [1.54, 1.807) is 0 Å². The SMILES string of the molecule is Cc1cc(C)c(CC(=O)C[C@H](CCO)c2nnc(C3CC(CC(C)C)C3)n2C2CC2)c(F)c1.Cl. The van der Waals surface area contributed by atoms with E-state index in [2.05, 4.69) is 28.6 Å². The van der Waals surface area contributed by atoms with Crippen molar-refractivity contribution in [3.05, 3.63) is 46.3 Å². The molecule has 0 amide bonds. The van der Waals surface area contributed by atoms with Crippen LogP contribution in [0.2, 0.25) is 0 Å². The van der Waals surface area contributed by atoms with Gasteiger partial charge in [-0.25, -0.2) is 4.39 Å². The minimum atomic E-state index is -0.316. The van der Waals surface area contributed by atoms with Crippen molar-refractivity contribution in [2.24, 2.45) is 11.8 Å². The Balaban J connectivity index is 0.00000324. The van der Waals surface area contributed by atoms with Crippen LogP contribution >= 0.6 is 12.4 Å². The number of carbonyl (C=O) groups excluding carboxylic acids is 1. The van der Waals surface area contributed by atoms with Crippen molar-refractivity contribution in [2.75, 3.05) is 6.61 Å². The van der Waals surface area contributed by atoms with E-state index in [9.17, 15) is 14.3 Å². The molecule has 0 radical (unpaired) electrons. The number of Topliss-reactive ketones (excluding diaryl/α,β-unsaturated/α-hetero) is 1. The second kappa shape index (κ2) is 11.3. The molecule has 2 aliphatic rings. The normalized spacial score (nSPS) is 20.7. The van der Waals surface area contributed by atoms with Gasteiger partial charge in [0.2, 0.25) is 0 Å². The highest BCUT2D eigenvalue weighted by Gasteiger charge is 2.39. The third kappa shape index (κ3) is 6.06. The molecule has 5 nitrogen and oxygen atoms in total. The summed E-state index contributed by atoms with van der Waals surface area (Å²) in [6, 6.07) is 3.82. The first-order valence-corrected chi connectivity index (χ1v) is 12.6. The van der Waals surface area contributed by atoms with Gasteiger partial charge in [-0.2, -0.15) is 0 Å². The lowest BCUT2D eigenvalue weighted by atomic mass is 9.71. The Labute approximate surface area is 209 Å². The average molecular weight is 492 g/mol. The van der Waals surface area contributed by atoms with Crippen LogP contribution in [-0.4, -0.2) is 32.3 Å². The van der Waals surface area contributed by atoms with E-state index in [1.165, 1.54) is 25.3 Å². The molecule has 1 N–H and O–H groups in total. The first kappa shape index (κ1) is 26.8. The molecule has 0 unspecified atom stereocenters. The first-order valence-electron chi connectivity index (χ1n) is 12.6. The molecule has 0 bridgehead atoms. The number of benzene rings is 1. The quantitative estimate of drug-likeness (QED) is 0.418. The van der Waals surface area contributed by atoms with Crippen LogP contribution < -0.4 is 0 Å². The summed E-state index contributed by atoms with van der Waals surface area (Å²) in [5.41, 5.74) is 2.14. The summed E-state index contributed by atoms with van der Waals surface area (Å²) in [7, 11) is 0. The number of aryl methyl sites for hydroxylation is 2. The van der Waals surface area contributed by atoms with Crippen molar-refractivity contribution >= 4 is 18.2 Å². The zero-order valence-electron chi connectivity index (χ0n) is 20.9. The van der Waals surface area contributed by atoms with Gasteiger partial charge < -0.3 is 9.67 Å². The number of aliphatic hydroxyl groups is 1. The van der Waals surface area contributed by atoms with Crippen molar-refractivity contribution in [1.82, 2.24) is 14.8 Å². The Morgan fingerprint density at radius 2 is 1.91 bits per heavy atom. The van der Waals surface area contributed by atoms with Gasteiger partial charge >= 0.3 is 0 Å². The van der Waals surface area contributed by atoms with Gasteiger partial charge in [0.1, 0.15) is 23.2 Å². The lowest BCUT2D eigenvalue weighted by Crippen LogP contribution is -2.26. The molecule has 2 fully saturated rings. The van der Waals surface area contributed by atoms with E-state index in [1.807, 2.05) is 19.9 Å². The van der Waals surface area contributed by atoms with Crippen molar-refractivity contribution < 1.29 is 14.3 Å². The Bertz CT molecular complexity index is 973. The predicted molar refractivity (Wildman–Crippen MR) is 134 cm³/mol. The highest BCUT2D eigenvalue weighted by Crippen LogP contribution is 2.48. The zero-order valence-corrected chi connectivity index (χ0v) is 21.7. The van der Waals surface area contributed by atoms with Crippen LogP contribution in [0.1, 0.15) is 105 Å². The molecule has 0 spiro atoms. The summed E-state index contributed by atoms with van der Waals surface area (Å²) < 4.78 is 16.8. The Hall–Kier alpha value is -1.79. The smallest absolute Gasteiger partial charge is 0.138 e. The first-order chi connectivity index (χ1) is 15.8. The minimum Gasteiger partial charge on any atom is -0.396 e. The minimum absolute atomic E-state index is 0. The fourth-order valence-corrected chi connectivity index (χ4v) is 5.58. The van der Waals surface area contributed by atoms with Gasteiger partial charge in [-0.3, -0.25) is 4.79 Å². The van der Waals surface area contributed by atoms with Gasteiger partial charge in [0, 0.05) is 37.3 Å². The maximum absolute atomic E-state index is 14.5. The van der Waals surface area contributed by atoms with Gasteiger partial charge in [0.05, 0.1) is 0 Å². The Morgan fingerprint density at radius 3 is 2.50 bits per heavy atom. The molecule has 0 saturated heterocycles. The van der Waals surface area contributed by atoms with Gasteiger partial charge in [0.15, 0.2) is 0 Å². The lowest BCUT2D eigenvalue weighted by Gasteiger charge is -2.36. The number of aliphatic hydroxyl groups excluding tert-OH is 1. The van der Waals surface area contributed by atoms with E-state index in [4.69, 9.17) is 0 Å². The lowest BCUT2D eigenvalue weighted by molar-refractivity contribution is -0.119. The molecule has 0 aliphatic heterocycles. The van der Waals surface area contributed by atoms with Gasteiger partial charge in [-0.1, -0.05) is 19.9 Å². The molecule has 4 rings (SSSR count). The maximum atomic E-state index is 14.5. The molecule has 7 heteroatoms. The second-order valence-corrected chi connectivity index (χ2v) is 10.9. The summed E-state index contributed by atoms with van der Waals surface area (Å²) in [5, 5.41) is 18.9. The summed E-state index contributed by atoms with van der Waals surface area (Å²) in [6.07, 6.45) is 6.62. The Morgan fingerprint density at radius 1 is 1.21 bits per heavy atom. The molecule has 2 saturated carbocycles. The number of aromatic nitrogens is 3. The van der Waals surface area contributed by atoms with E-state index < -0.39 is 0 Å². The van der Waals surface area contributed by atoms with E-state index >= 15 is 0 Å². The zero-order chi connectivity index (χ0) is 23.7. The molecule has 1 aromatic heterocycles. The molecule has 34 heavy (non-hydrogen) atoms. The van der Waals surface area contributed by atoms with E-state index in [-0.39, 0.29) is 49.4 Å². The number of ketones is 1. The average Bonchev–Trinajstić information content (AvgIpc) is 3.45. The van der Waals surface area contributed by atoms with Crippen LogP contribution in [0, 0.1) is 31.5 Å². The fourth-order valence-electron chi connectivity index (χ4n) is 5.58. The number of nitrogens with zero attached hydrogens (tertiary/aromatic N) is 3. The number of hydrogen-bond donors (Lipinski definition) is 1. The van der Waals surface area contributed by atoms with E-state index in [0.717, 1.165) is 47.5 Å². The number of hydrogen-bond acceptors (Lipinski definition) is 4. The largest absolute Gasteiger partial charge is 0.396 e. The third-order valence-electron chi connectivity index (χ3n) is 7.32. The summed E-state index contributed by atoms with van der Waals surface area (Å²) in [6.45, 7) is 8.25. The van der Waals surface area contributed by atoms with Crippen LogP contribution in [0.25, 0.3) is 0 Å². The van der Waals surface area contributed by atoms with Crippen molar-refractivity contribution in [3.63, 3.8) is 0 Å². The molecule has 2 aliphatic carbocycles. The molecule has 1 aromatic carbocycles. The van der Waals surface area contributed by atoms with Crippen LogP contribution in [0.3, 0.4) is 0 Å². The number of halogens is 2. The van der Waals surface area contributed by atoms with Crippen LogP contribution in [0.5, 0.6) is 0 Å². The maximum Gasteiger partial charge on any atom is 0.138 e. The molecule has 1 atom stereocenters. The second-order valence-electron chi connectivity index (χ2n) is 10.9. The summed E-state index contributed by atoms with van der Waals surface area (Å²) in [5.74, 6) is 3.32. The van der Waals surface area contributed by atoms with E-state index in [0.29, 0.717) is 23.9 Å². The van der Waals surface area contributed by atoms with Crippen molar-refractivity contribution in [2.45, 2.75) is 96.9 Å². The molecule has 2 aromatic rings. The van der Waals surface area contributed by atoms with Gasteiger partial charge in [-0.15, -0.1) is 22.6 Å². The topological polar surface area (TPSA) is 68.0 Å². The predicted octanol–water partition coefficient (Wildman–Crippen LogP) is 6.00.